The molecule has 6 N–H and O–H groups in total. The molecule has 1 fully saturated rings. The molecule has 2 aromatic rings. The monoisotopic (exact) mass is 836 g/mol. The number of carbonyl (C=O) groups is 8. The summed E-state index contributed by atoms with van der Waals surface area (Å²) in [7, 11) is 0. The minimum atomic E-state index is -1.33. The van der Waals surface area contributed by atoms with Crippen LogP contribution >= 0.6 is 0 Å². The van der Waals surface area contributed by atoms with Crippen LogP contribution < -0.4 is 27.0 Å². The van der Waals surface area contributed by atoms with Gasteiger partial charge >= 0.3 is 12.1 Å². The molecule has 0 bridgehead atoms. The molecule has 60 heavy (non-hydrogen) atoms. The summed E-state index contributed by atoms with van der Waals surface area (Å²) in [6, 6.07) is 12.6. The topological polar surface area (TPSA) is 242 Å². The first-order valence-electron chi connectivity index (χ1n) is 20.3. The average molecular weight is 837 g/mol. The Kier molecular flexibility index (Phi) is 19.1. The lowest BCUT2D eigenvalue weighted by Crippen LogP contribution is -2.56. The zero-order chi connectivity index (χ0) is 44.4. The molecule has 0 aliphatic carbocycles. The van der Waals surface area contributed by atoms with E-state index in [1.165, 1.54) is 4.90 Å². The van der Waals surface area contributed by atoms with Crippen LogP contribution in [0.2, 0.25) is 0 Å². The third-order valence-electron chi connectivity index (χ3n) is 9.17. The van der Waals surface area contributed by atoms with Gasteiger partial charge in [0.2, 0.25) is 29.4 Å². The zero-order valence-electron chi connectivity index (χ0n) is 35.3. The number of nitrogens with two attached hydrogens (primary N) is 1. The standard InChI is InChI=1S/C43H60N6O11/c1-7-15-31(37(52)40(55)45-23-34(50)48-36(38(44)53)29-18-12-9-13-19-29)46-39(54)33-22-30(58-26-28-16-10-8-11-17-28)24-49(33)41(56)32(47-42(57)59-25-27(2)3)20-14-21-35(51)60-43(4,5)6/h8-13,16-19,27,30-33,36H,7,14-15,20-26H2,1-6H3,(H2,44,53)(H,45,55)(H,46,54)(H,47,57)(H,48,50). The number of hydrogen-bond donors (Lipinski definition) is 5. The Hall–Kier alpha value is -5.84. The molecule has 1 saturated heterocycles. The van der Waals surface area contributed by atoms with E-state index in [-0.39, 0.29) is 57.8 Å². The molecule has 1 heterocycles. The lowest BCUT2D eigenvalue weighted by atomic mass is 10.0. The quantitative estimate of drug-likeness (QED) is 0.0853. The SMILES string of the molecule is CCCC(NC(=O)C1CC(OCc2ccccc2)CN1C(=O)C(CCCC(=O)OC(C)(C)C)NC(=O)OCC(C)C)C(=O)C(=O)NCC(=O)NC(C(N)=O)c1ccccc1. The summed E-state index contributed by atoms with van der Waals surface area (Å²) in [6.45, 7) is 10.2. The van der Waals surface area contributed by atoms with Gasteiger partial charge in [0.15, 0.2) is 0 Å². The zero-order valence-corrected chi connectivity index (χ0v) is 35.3. The molecule has 6 amide bonds. The maximum atomic E-state index is 14.4. The number of hydrogen-bond acceptors (Lipinski definition) is 11. The molecule has 0 radical (unpaired) electrons. The van der Waals surface area contributed by atoms with E-state index in [4.69, 9.17) is 19.9 Å². The third kappa shape index (κ3) is 16.4. The Morgan fingerprint density at radius 3 is 2.12 bits per heavy atom. The molecular formula is C43H60N6O11. The van der Waals surface area contributed by atoms with Gasteiger partial charge in [0.25, 0.3) is 5.91 Å². The van der Waals surface area contributed by atoms with Crippen LogP contribution in [0.15, 0.2) is 60.7 Å². The van der Waals surface area contributed by atoms with Gasteiger partial charge < -0.3 is 46.1 Å². The first-order chi connectivity index (χ1) is 28.4. The molecule has 0 aromatic heterocycles. The minimum Gasteiger partial charge on any atom is -0.460 e. The largest absolute Gasteiger partial charge is 0.460 e. The van der Waals surface area contributed by atoms with E-state index in [0.717, 1.165) is 5.56 Å². The van der Waals surface area contributed by atoms with Crippen LogP contribution in [-0.4, -0.2) is 102 Å². The van der Waals surface area contributed by atoms with Crippen molar-refractivity contribution in [1.82, 2.24) is 26.2 Å². The number of carbonyl (C=O) groups excluding carboxylic acids is 8. The van der Waals surface area contributed by atoms with Crippen molar-refractivity contribution >= 4 is 47.4 Å². The van der Waals surface area contributed by atoms with Crippen LogP contribution in [0.25, 0.3) is 0 Å². The Morgan fingerprint density at radius 1 is 0.867 bits per heavy atom. The maximum absolute atomic E-state index is 14.4. The van der Waals surface area contributed by atoms with Crippen LogP contribution in [0.1, 0.15) is 97.2 Å². The van der Waals surface area contributed by atoms with E-state index in [9.17, 15) is 38.4 Å². The Morgan fingerprint density at radius 2 is 1.52 bits per heavy atom. The molecule has 17 nitrogen and oxygen atoms in total. The summed E-state index contributed by atoms with van der Waals surface area (Å²) in [4.78, 5) is 106. The van der Waals surface area contributed by atoms with Gasteiger partial charge in [0.1, 0.15) is 23.7 Å². The number of benzene rings is 2. The van der Waals surface area contributed by atoms with Crippen LogP contribution in [0.4, 0.5) is 4.79 Å². The Labute approximate surface area is 351 Å². The molecule has 5 unspecified atom stereocenters. The number of likely N-dealkylation sites (tertiary alicyclic amines) is 1. The molecule has 0 spiro atoms. The van der Waals surface area contributed by atoms with E-state index in [2.05, 4.69) is 21.3 Å². The van der Waals surface area contributed by atoms with Gasteiger partial charge in [-0.2, -0.15) is 0 Å². The van der Waals surface area contributed by atoms with Crippen LogP contribution in [-0.2, 0) is 54.4 Å². The highest BCUT2D eigenvalue weighted by Crippen LogP contribution is 2.25. The lowest BCUT2D eigenvalue weighted by Gasteiger charge is -2.29. The summed E-state index contributed by atoms with van der Waals surface area (Å²) >= 11 is 0. The predicted octanol–water partition coefficient (Wildman–Crippen LogP) is 2.75. The molecule has 5 atom stereocenters. The number of ketones is 1. The first kappa shape index (κ1) is 48.5. The molecule has 17 heteroatoms. The number of primary amides is 1. The minimum absolute atomic E-state index is 0.00542. The van der Waals surface area contributed by atoms with Gasteiger partial charge in [-0.3, -0.25) is 33.6 Å². The predicted molar refractivity (Wildman–Crippen MR) is 219 cm³/mol. The molecule has 1 aliphatic rings. The lowest BCUT2D eigenvalue weighted by molar-refractivity contribution is -0.155. The summed E-state index contributed by atoms with van der Waals surface area (Å²) in [5.74, 6) is -5.66. The van der Waals surface area contributed by atoms with Crippen molar-refractivity contribution in [3.8, 4) is 0 Å². The van der Waals surface area contributed by atoms with Crippen molar-refractivity contribution in [2.24, 2.45) is 11.7 Å². The molecule has 1 aliphatic heterocycles. The van der Waals surface area contributed by atoms with Gasteiger partial charge in [-0.1, -0.05) is 87.9 Å². The third-order valence-corrected chi connectivity index (χ3v) is 9.17. The van der Waals surface area contributed by atoms with Crippen molar-refractivity contribution in [3.05, 3.63) is 71.8 Å². The van der Waals surface area contributed by atoms with Gasteiger partial charge in [-0.05, 0) is 57.1 Å². The van der Waals surface area contributed by atoms with Crippen molar-refractivity contribution < 1.29 is 52.6 Å². The second-order valence-corrected chi connectivity index (χ2v) is 16.0. The van der Waals surface area contributed by atoms with Gasteiger partial charge in [0.05, 0.1) is 31.9 Å². The van der Waals surface area contributed by atoms with Crippen LogP contribution in [0.5, 0.6) is 0 Å². The first-order valence-corrected chi connectivity index (χ1v) is 20.3. The molecular weight excluding hydrogens is 777 g/mol. The number of nitrogens with one attached hydrogen (secondary N) is 4. The van der Waals surface area contributed by atoms with E-state index in [0.29, 0.717) is 12.0 Å². The van der Waals surface area contributed by atoms with Crippen LogP contribution in [0, 0.1) is 5.92 Å². The number of Topliss-reactive ketones (excluding diaryl/α,β-unsaturated/α-hetero) is 1. The van der Waals surface area contributed by atoms with Crippen LogP contribution in [0.3, 0.4) is 0 Å². The second kappa shape index (κ2) is 23.7. The highest BCUT2D eigenvalue weighted by Gasteiger charge is 2.44. The van der Waals surface area contributed by atoms with Gasteiger partial charge in [-0.15, -0.1) is 0 Å². The summed E-state index contributed by atoms with van der Waals surface area (Å²) in [5, 5.41) is 9.92. The number of alkyl carbamates (subject to hydrolysis) is 1. The van der Waals surface area contributed by atoms with E-state index in [1.54, 1.807) is 58.0 Å². The summed E-state index contributed by atoms with van der Waals surface area (Å²) in [6.07, 6.45) is -0.922. The Balaban J connectivity index is 1.79. The van der Waals surface area contributed by atoms with Crippen molar-refractivity contribution in [3.63, 3.8) is 0 Å². The van der Waals surface area contributed by atoms with E-state index < -0.39 is 89.8 Å². The number of esters is 1. The summed E-state index contributed by atoms with van der Waals surface area (Å²) in [5.41, 5.74) is 6.03. The second-order valence-electron chi connectivity index (χ2n) is 16.0. The van der Waals surface area contributed by atoms with Gasteiger partial charge in [-0.25, -0.2) is 4.79 Å². The highest BCUT2D eigenvalue weighted by atomic mass is 16.6. The highest BCUT2D eigenvalue weighted by molar-refractivity contribution is 6.38. The molecule has 2 aromatic carbocycles. The fourth-order valence-electron chi connectivity index (χ4n) is 6.33. The number of nitrogens with zero attached hydrogens (tertiary/aromatic N) is 1. The molecule has 3 rings (SSSR count). The van der Waals surface area contributed by atoms with E-state index in [1.807, 2.05) is 44.2 Å². The smallest absolute Gasteiger partial charge is 0.407 e. The van der Waals surface area contributed by atoms with E-state index >= 15 is 0 Å². The molecule has 328 valence electrons. The Bertz CT molecular complexity index is 1780. The maximum Gasteiger partial charge on any atom is 0.407 e. The number of amides is 6. The van der Waals surface area contributed by atoms with Gasteiger partial charge in [0, 0.05) is 19.4 Å². The summed E-state index contributed by atoms with van der Waals surface area (Å²) < 4.78 is 16.9. The van der Waals surface area contributed by atoms with Crippen molar-refractivity contribution in [2.45, 2.75) is 123 Å². The van der Waals surface area contributed by atoms with Crippen molar-refractivity contribution in [1.29, 1.82) is 0 Å². The normalized spacial score (nSPS) is 16.5. The fourth-order valence-corrected chi connectivity index (χ4v) is 6.33. The molecule has 0 saturated carbocycles. The average Bonchev–Trinajstić information content (AvgIpc) is 3.63. The number of ether oxygens (including phenoxy) is 3. The van der Waals surface area contributed by atoms with Crippen molar-refractivity contribution in [2.75, 3.05) is 19.7 Å². The number of rotatable bonds is 22. The fraction of sp³-hybridized carbons (Fsp3) is 0.535.